The summed E-state index contributed by atoms with van der Waals surface area (Å²) in [6, 6.07) is 12.2. The number of anilines is 1. The van der Waals surface area contributed by atoms with Crippen molar-refractivity contribution in [1.29, 1.82) is 0 Å². The minimum atomic E-state index is -0.292. The van der Waals surface area contributed by atoms with Crippen LogP contribution in [-0.4, -0.2) is 44.3 Å². The van der Waals surface area contributed by atoms with Gasteiger partial charge in [0.1, 0.15) is 5.82 Å². The molecule has 1 N–H and O–H groups in total. The summed E-state index contributed by atoms with van der Waals surface area (Å²) in [4.78, 5) is 21.9. The van der Waals surface area contributed by atoms with Crippen molar-refractivity contribution in [3.8, 4) is 0 Å². The van der Waals surface area contributed by atoms with Crippen LogP contribution in [-0.2, 0) is 0 Å². The average molecular weight is 405 g/mol. The first-order valence-corrected chi connectivity index (χ1v) is 10.8. The molecule has 4 nitrogen and oxygen atoms in total. The molecule has 3 rings (SSSR count). The fourth-order valence-electron chi connectivity index (χ4n) is 2.79. The van der Waals surface area contributed by atoms with Crippen LogP contribution in [0.3, 0.4) is 0 Å². The number of thioether (sulfide) groups is 1. The zero-order chi connectivity index (χ0) is 19.4. The second kappa shape index (κ2) is 8.82. The number of amides is 1. The first-order valence-electron chi connectivity index (χ1n) is 8.79. The van der Waals surface area contributed by atoms with Gasteiger partial charge in [0, 0.05) is 23.4 Å². The minimum Gasteiger partial charge on any atom is -0.340 e. The van der Waals surface area contributed by atoms with Gasteiger partial charge in [-0.25, -0.2) is 9.37 Å². The van der Waals surface area contributed by atoms with Gasteiger partial charge in [0.25, 0.3) is 5.91 Å². The molecule has 0 bridgehead atoms. The van der Waals surface area contributed by atoms with Crippen molar-refractivity contribution in [1.82, 2.24) is 4.98 Å². The lowest BCUT2D eigenvalue weighted by Gasteiger charge is -2.20. The van der Waals surface area contributed by atoms with Gasteiger partial charge >= 0.3 is 0 Å². The summed E-state index contributed by atoms with van der Waals surface area (Å²) in [5, 5.41) is 0.615. The van der Waals surface area contributed by atoms with Crippen molar-refractivity contribution in [3.63, 3.8) is 0 Å². The molecule has 1 heterocycles. The van der Waals surface area contributed by atoms with E-state index in [4.69, 9.17) is 0 Å². The summed E-state index contributed by atoms with van der Waals surface area (Å²) >= 11 is 2.96. The van der Waals surface area contributed by atoms with Crippen LogP contribution < -0.4 is 9.80 Å². The van der Waals surface area contributed by atoms with E-state index in [0.717, 1.165) is 22.6 Å². The molecule has 0 aliphatic heterocycles. The molecule has 0 spiro atoms. The van der Waals surface area contributed by atoms with Crippen molar-refractivity contribution in [3.05, 3.63) is 53.8 Å². The number of aromatic nitrogens is 1. The fraction of sp³-hybridized carbons (Fsp3) is 0.300. The van der Waals surface area contributed by atoms with E-state index in [2.05, 4.69) is 19.1 Å². The van der Waals surface area contributed by atoms with Gasteiger partial charge < -0.3 is 4.90 Å². The third kappa shape index (κ3) is 4.86. The van der Waals surface area contributed by atoms with Crippen LogP contribution in [0.5, 0.6) is 0 Å². The molecule has 7 heteroatoms. The number of carbonyl (C=O) groups excluding carboxylic acids is 1. The summed E-state index contributed by atoms with van der Waals surface area (Å²) < 4.78 is 14.3. The molecule has 1 aromatic heterocycles. The normalized spacial score (nSPS) is 11.3. The minimum absolute atomic E-state index is 0.0702. The summed E-state index contributed by atoms with van der Waals surface area (Å²) in [5.74, 6) is -0.362. The number of hydrogen-bond donors (Lipinski definition) is 1. The zero-order valence-corrected chi connectivity index (χ0v) is 17.3. The summed E-state index contributed by atoms with van der Waals surface area (Å²) in [6.07, 6.45) is 2.85. The molecule has 1 amide bonds. The summed E-state index contributed by atoms with van der Waals surface area (Å²) in [6.45, 7) is 1.53. The van der Waals surface area contributed by atoms with Crippen LogP contribution in [0.25, 0.3) is 10.2 Å². The van der Waals surface area contributed by atoms with Gasteiger partial charge in [-0.05, 0) is 42.7 Å². The molecule has 0 saturated carbocycles. The van der Waals surface area contributed by atoms with E-state index in [9.17, 15) is 9.18 Å². The van der Waals surface area contributed by atoms with Crippen LogP contribution in [0, 0.1) is 5.82 Å². The van der Waals surface area contributed by atoms with Crippen LogP contribution in [0.15, 0.2) is 47.4 Å². The standard InChI is InChI=1S/C20H22FN3OS2/c1-23(2)10-5-11-24(19(25)14-6-4-7-16(12-14)26-3)20-22-17-9-8-15(21)13-18(17)27-20/h4,6-9,12-13H,5,10-11H2,1-3H3/p+1. The first-order chi connectivity index (χ1) is 13.0. The predicted molar refractivity (Wildman–Crippen MR) is 112 cm³/mol. The molecule has 0 atom stereocenters. The van der Waals surface area contributed by atoms with Gasteiger partial charge in [-0.15, -0.1) is 11.8 Å². The lowest BCUT2D eigenvalue weighted by atomic mass is 10.2. The summed E-state index contributed by atoms with van der Waals surface area (Å²) in [7, 11) is 4.18. The average Bonchev–Trinajstić information content (AvgIpc) is 3.07. The van der Waals surface area contributed by atoms with Gasteiger partial charge in [0.2, 0.25) is 0 Å². The van der Waals surface area contributed by atoms with Gasteiger partial charge in [-0.2, -0.15) is 0 Å². The van der Waals surface area contributed by atoms with Gasteiger partial charge in [-0.1, -0.05) is 17.4 Å². The van der Waals surface area contributed by atoms with Crippen molar-refractivity contribution in [2.75, 3.05) is 38.3 Å². The van der Waals surface area contributed by atoms with Gasteiger partial charge in [0.15, 0.2) is 5.13 Å². The number of fused-ring (bicyclic) bond motifs is 1. The number of thiazole rings is 1. The highest BCUT2D eigenvalue weighted by atomic mass is 32.2. The topological polar surface area (TPSA) is 37.6 Å². The quantitative estimate of drug-likeness (QED) is 0.614. The Balaban J connectivity index is 1.94. The maximum atomic E-state index is 13.5. The maximum absolute atomic E-state index is 13.5. The van der Waals surface area contributed by atoms with E-state index in [-0.39, 0.29) is 11.7 Å². The van der Waals surface area contributed by atoms with Gasteiger partial charge in [-0.3, -0.25) is 9.69 Å². The number of carbonyl (C=O) groups is 1. The second-order valence-electron chi connectivity index (χ2n) is 6.61. The van der Waals surface area contributed by atoms with Crippen molar-refractivity contribution in [2.24, 2.45) is 0 Å². The molecule has 2 aromatic carbocycles. The zero-order valence-electron chi connectivity index (χ0n) is 15.7. The van der Waals surface area contributed by atoms with E-state index >= 15 is 0 Å². The van der Waals surface area contributed by atoms with Gasteiger partial charge in [0.05, 0.1) is 30.9 Å². The molecule has 0 unspecified atom stereocenters. The molecule has 0 radical (unpaired) electrons. The molecule has 0 fully saturated rings. The Morgan fingerprint density at radius 3 is 2.81 bits per heavy atom. The fourth-order valence-corrected chi connectivity index (χ4v) is 4.26. The second-order valence-corrected chi connectivity index (χ2v) is 8.50. The highest BCUT2D eigenvalue weighted by Gasteiger charge is 2.22. The van der Waals surface area contributed by atoms with Crippen LogP contribution >= 0.6 is 23.1 Å². The van der Waals surface area contributed by atoms with Crippen molar-refractivity contribution < 1.29 is 14.1 Å². The number of rotatable bonds is 7. The van der Waals surface area contributed by atoms with Crippen molar-refractivity contribution in [2.45, 2.75) is 11.3 Å². The van der Waals surface area contributed by atoms with E-state index in [1.54, 1.807) is 22.7 Å². The third-order valence-corrected chi connectivity index (χ3v) is 5.96. The first kappa shape index (κ1) is 19.8. The Hall–Kier alpha value is -1.96. The Kier molecular flexibility index (Phi) is 6.46. The van der Waals surface area contributed by atoms with E-state index in [1.807, 2.05) is 30.5 Å². The molecule has 142 valence electrons. The Bertz CT molecular complexity index is 942. The molecule has 0 aliphatic rings. The highest BCUT2D eigenvalue weighted by Crippen LogP contribution is 2.30. The van der Waals surface area contributed by atoms with E-state index < -0.39 is 0 Å². The number of nitrogens with zero attached hydrogens (tertiary/aromatic N) is 2. The van der Waals surface area contributed by atoms with Crippen molar-refractivity contribution >= 4 is 44.4 Å². The molecule has 3 aromatic rings. The molecular formula is C20H23FN3OS2+. The predicted octanol–water partition coefficient (Wildman–Crippen LogP) is 3.34. The smallest absolute Gasteiger partial charge is 0.260 e. The molecule has 0 aliphatic carbocycles. The largest absolute Gasteiger partial charge is 0.340 e. The molecular weight excluding hydrogens is 381 g/mol. The Morgan fingerprint density at radius 2 is 2.07 bits per heavy atom. The third-order valence-electron chi connectivity index (χ3n) is 4.19. The number of benzene rings is 2. The van der Waals surface area contributed by atoms with E-state index in [1.165, 1.54) is 28.4 Å². The number of quaternary nitrogens is 1. The van der Waals surface area contributed by atoms with E-state index in [0.29, 0.717) is 22.8 Å². The maximum Gasteiger partial charge on any atom is 0.260 e. The lowest BCUT2D eigenvalue weighted by Crippen LogP contribution is -3.05. The highest BCUT2D eigenvalue weighted by molar-refractivity contribution is 7.98. The van der Waals surface area contributed by atoms with Crippen LogP contribution in [0.4, 0.5) is 9.52 Å². The number of hydrogen-bond acceptors (Lipinski definition) is 4. The van der Waals surface area contributed by atoms with Crippen LogP contribution in [0.1, 0.15) is 16.8 Å². The molecule has 0 saturated heterocycles. The molecule has 27 heavy (non-hydrogen) atoms. The number of nitrogens with one attached hydrogen (secondary N) is 1. The summed E-state index contributed by atoms with van der Waals surface area (Å²) in [5.41, 5.74) is 1.36. The van der Waals surface area contributed by atoms with Crippen LogP contribution in [0.2, 0.25) is 0 Å². The Labute approximate surface area is 167 Å². The SMILES string of the molecule is CSc1cccc(C(=O)N(CCC[NH+](C)C)c2nc3ccc(F)cc3s2)c1. The Morgan fingerprint density at radius 1 is 1.26 bits per heavy atom. The number of halogens is 1. The monoisotopic (exact) mass is 404 g/mol. The lowest BCUT2D eigenvalue weighted by molar-refractivity contribution is -0.858.